The number of hydrogen-bond acceptors (Lipinski definition) is 2. The maximum absolute atomic E-state index is 12.3. The average molecular weight is 284 g/mol. The van der Waals surface area contributed by atoms with Crippen molar-refractivity contribution in [2.24, 2.45) is 22.7 Å². The molecule has 2 fully saturated rings. The van der Waals surface area contributed by atoms with Gasteiger partial charge < -0.3 is 0 Å². The molecule has 2 saturated carbocycles. The molecule has 0 saturated heterocycles. The first kappa shape index (κ1) is 13.5. The molecule has 0 amide bonds. The predicted octanol–water partition coefficient (Wildman–Crippen LogP) is 4.01. The zero-order valence-electron chi connectivity index (χ0n) is 13.1. The van der Waals surface area contributed by atoms with Crippen LogP contribution in [-0.2, 0) is 9.59 Å². The van der Waals surface area contributed by atoms with Gasteiger partial charge >= 0.3 is 0 Å². The van der Waals surface area contributed by atoms with Crippen molar-refractivity contribution in [3.63, 3.8) is 0 Å². The minimum absolute atomic E-state index is 0.163. The Bertz CT molecular complexity index is 597. The summed E-state index contributed by atoms with van der Waals surface area (Å²) in [5.41, 5.74) is 2.88. The standard InChI is InChI=1S/C19H24O2/c1-18-9-7-13(20)11-12(18)3-4-14-15-5-6-17(21)19(15,2)10-8-16(14)18/h5,11,14,16H,3-4,6-10H2,1-2H3/t14-,16-,18-,19-/m0/s1. The van der Waals surface area contributed by atoms with Gasteiger partial charge in [0.25, 0.3) is 0 Å². The predicted molar refractivity (Wildman–Crippen MR) is 81.7 cm³/mol. The molecule has 0 unspecified atom stereocenters. The molecule has 2 heteroatoms. The molecule has 112 valence electrons. The number of carbonyl (C=O) groups excluding carboxylic acids is 2. The lowest BCUT2D eigenvalue weighted by atomic mass is 9.49. The van der Waals surface area contributed by atoms with E-state index < -0.39 is 0 Å². The topological polar surface area (TPSA) is 34.1 Å². The number of fused-ring (bicyclic) bond motifs is 5. The lowest BCUT2D eigenvalue weighted by Crippen LogP contribution is -2.47. The maximum atomic E-state index is 12.3. The van der Waals surface area contributed by atoms with Crippen molar-refractivity contribution in [1.29, 1.82) is 0 Å². The van der Waals surface area contributed by atoms with Gasteiger partial charge in [0.15, 0.2) is 5.78 Å². The number of carbonyl (C=O) groups is 2. The van der Waals surface area contributed by atoms with Crippen LogP contribution in [0.25, 0.3) is 0 Å². The molecule has 0 radical (unpaired) electrons. The van der Waals surface area contributed by atoms with Crippen molar-refractivity contribution in [2.75, 3.05) is 0 Å². The lowest BCUT2D eigenvalue weighted by Gasteiger charge is -2.55. The summed E-state index contributed by atoms with van der Waals surface area (Å²) in [7, 11) is 0. The molecule has 0 aliphatic heterocycles. The smallest absolute Gasteiger partial charge is 0.155 e. The molecule has 0 bridgehead atoms. The second-order valence-corrected chi connectivity index (χ2v) is 7.96. The van der Waals surface area contributed by atoms with Gasteiger partial charge in [0.1, 0.15) is 5.78 Å². The highest BCUT2D eigenvalue weighted by atomic mass is 16.1. The molecule has 4 atom stereocenters. The molecule has 4 aliphatic carbocycles. The second-order valence-electron chi connectivity index (χ2n) is 7.96. The molecular formula is C19H24O2. The largest absolute Gasteiger partial charge is 0.298 e. The molecule has 0 heterocycles. The summed E-state index contributed by atoms with van der Waals surface area (Å²) in [6, 6.07) is 0. The zero-order chi connectivity index (χ0) is 14.8. The minimum atomic E-state index is -0.163. The highest BCUT2D eigenvalue weighted by Crippen LogP contribution is 2.62. The summed E-state index contributed by atoms with van der Waals surface area (Å²) in [5, 5.41) is 0. The van der Waals surface area contributed by atoms with Crippen molar-refractivity contribution in [2.45, 2.75) is 58.8 Å². The van der Waals surface area contributed by atoms with E-state index in [-0.39, 0.29) is 10.8 Å². The summed E-state index contributed by atoms with van der Waals surface area (Å²) in [5.74, 6) is 1.96. The van der Waals surface area contributed by atoms with Crippen LogP contribution in [0.1, 0.15) is 58.8 Å². The fraction of sp³-hybridized carbons (Fsp3) is 0.684. The number of ketones is 2. The third-order valence-electron chi connectivity index (χ3n) is 7.10. The molecule has 0 spiro atoms. The van der Waals surface area contributed by atoms with E-state index in [9.17, 15) is 9.59 Å². The molecule has 4 rings (SSSR count). The Kier molecular flexibility index (Phi) is 2.68. The van der Waals surface area contributed by atoms with Crippen LogP contribution < -0.4 is 0 Å². The van der Waals surface area contributed by atoms with E-state index in [1.165, 1.54) is 11.1 Å². The van der Waals surface area contributed by atoms with Gasteiger partial charge in [0.05, 0.1) is 0 Å². The van der Waals surface area contributed by atoms with Crippen molar-refractivity contribution in [3.05, 3.63) is 23.3 Å². The summed E-state index contributed by atoms with van der Waals surface area (Å²) < 4.78 is 0. The highest BCUT2D eigenvalue weighted by molar-refractivity contribution is 5.93. The Morgan fingerprint density at radius 3 is 2.71 bits per heavy atom. The second kappa shape index (κ2) is 4.18. The van der Waals surface area contributed by atoms with Crippen LogP contribution in [0.2, 0.25) is 0 Å². The monoisotopic (exact) mass is 284 g/mol. The molecular weight excluding hydrogens is 260 g/mol. The van der Waals surface area contributed by atoms with Crippen LogP contribution in [0, 0.1) is 22.7 Å². The number of rotatable bonds is 0. The van der Waals surface area contributed by atoms with Gasteiger partial charge in [-0.15, -0.1) is 0 Å². The molecule has 4 aliphatic rings. The minimum Gasteiger partial charge on any atom is -0.298 e. The number of hydrogen-bond donors (Lipinski definition) is 0. The normalized spacial score (nSPS) is 45.4. The fourth-order valence-corrected chi connectivity index (χ4v) is 5.71. The first-order chi connectivity index (χ1) is 9.95. The van der Waals surface area contributed by atoms with Gasteiger partial charge in [-0.05, 0) is 62.4 Å². The van der Waals surface area contributed by atoms with Crippen molar-refractivity contribution in [1.82, 2.24) is 0 Å². The third-order valence-corrected chi connectivity index (χ3v) is 7.10. The van der Waals surface area contributed by atoms with Gasteiger partial charge in [-0.25, -0.2) is 0 Å². The summed E-state index contributed by atoms with van der Waals surface area (Å²) in [4.78, 5) is 24.1. The number of Topliss-reactive ketones (excluding diaryl/α,β-unsaturated/α-hetero) is 1. The van der Waals surface area contributed by atoms with Gasteiger partial charge in [-0.1, -0.05) is 24.1 Å². The average Bonchev–Trinajstić information content (AvgIpc) is 2.76. The van der Waals surface area contributed by atoms with Crippen molar-refractivity contribution in [3.8, 4) is 0 Å². The Hall–Kier alpha value is -1.18. The summed E-state index contributed by atoms with van der Waals surface area (Å²) in [6.45, 7) is 4.55. The van der Waals surface area contributed by atoms with Crippen LogP contribution in [0.15, 0.2) is 23.3 Å². The van der Waals surface area contributed by atoms with Gasteiger partial charge in [0.2, 0.25) is 0 Å². The van der Waals surface area contributed by atoms with Gasteiger partial charge in [-0.3, -0.25) is 9.59 Å². The van der Waals surface area contributed by atoms with E-state index in [2.05, 4.69) is 19.9 Å². The van der Waals surface area contributed by atoms with E-state index in [0.717, 1.165) is 32.1 Å². The molecule has 0 aromatic rings. The van der Waals surface area contributed by atoms with E-state index in [0.29, 0.717) is 36.2 Å². The Morgan fingerprint density at radius 2 is 1.90 bits per heavy atom. The zero-order valence-corrected chi connectivity index (χ0v) is 13.1. The quantitative estimate of drug-likeness (QED) is 0.630. The number of allylic oxidation sites excluding steroid dienone is 4. The van der Waals surface area contributed by atoms with E-state index in [1.54, 1.807) is 0 Å². The SMILES string of the molecule is C[C@]12CC[C@H]3[C@@H](CCC4=CC(=O)CC[C@@]43C)C1=CCC2=O. The van der Waals surface area contributed by atoms with Crippen LogP contribution in [0.4, 0.5) is 0 Å². The molecule has 21 heavy (non-hydrogen) atoms. The fourth-order valence-electron chi connectivity index (χ4n) is 5.71. The molecule has 0 aromatic heterocycles. The highest BCUT2D eigenvalue weighted by Gasteiger charge is 2.55. The van der Waals surface area contributed by atoms with E-state index in [4.69, 9.17) is 0 Å². The third kappa shape index (κ3) is 1.65. The van der Waals surface area contributed by atoms with E-state index in [1.807, 2.05) is 6.08 Å². The first-order valence-electron chi connectivity index (χ1n) is 8.43. The molecule has 0 N–H and O–H groups in total. The van der Waals surface area contributed by atoms with Crippen LogP contribution >= 0.6 is 0 Å². The lowest BCUT2D eigenvalue weighted by molar-refractivity contribution is -0.126. The van der Waals surface area contributed by atoms with Gasteiger partial charge in [0, 0.05) is 18.3 Å². The van der Waals surface area contributed by atoms with Crippen LogP contribution in [-0.4, -0.2) is 11.6 Å². The van der Waals surface area contributed by atoms with Crippen molar-refractivity contribution < 1.29 is 9.59 Å². The summed E-state index contributed by atoms with van der Waals surface area (Å²) >= 11 is 0. The maximum Gasteiger partial charge on any atom is 0.155 e. The van der Waals surface area contributed by atoms with Gasteiger partial charge in [-0.2, -0.15) is 0 Å². The Balaban J connectivity index is 1.74. The van der Waals surface area contributed by atoms with E-state index >= 15 is 0 Å². The Morgan fingerprint density at radius 1 is 1.10 bits per heavy atom. The molecule has 2 nitrogen and oxygen atoms in total. The van der Waals surface area contributed by atoms with Crippen LogP contribution in [0.5, 0.6) is 0 Å². The van der Waals surface area contributed by atoms with Crippen LogP contribution in [0.3, 0.4) is 0 Å². The Labute approximate surface area is 126 Å². The molecule has 0 aromatic carbocycles. The van der Waals surface area contributed by atoms with Crippen molar-refractivity contribution >= 4 is 11.6 Å². The first-order valence-corrected chi connectivity index (χ1v) is 8.43. The summed E-state index contributed by atoms with van der Waals surface area (Å²) in [6.07, 6.45) is 10.9.